The number of nitrogens with one attached hydrogen (secondary N) is 1. The van der Waals surface area contributed by atoms with Crippen molar-refractivity contribution in [2.24, 2.45) is 0 Å². The lowest BCUT2D eigenvalue weighted by molar-refractivity contribution is -0.137. The van der Waals surface area contributed by atoms with Crippen LogP contribution in [-0.2, 0) is 34.0 Å². The predicted molar refractivity (Wildman–Crippen MR) is 100 cm³/mol. The monoisotopic (exact) mass is 482 g/mol. The van der Waals surface area contributed by atoms with E-state index in [2.05, 4.69) is 0 Å². The topological polar surface area (TPSA) is 75.7 Å². The largest absolute Gasteiger partial charge is 0.511 e. The standard InChI is InChI=1S/C19H16F6N2O4S/c20-18(21,22)13-4-6-14(7-5-13)31-16-3-1-2-12-11-27(9-8-15(12)16)17(28)10-26-32(29,30)19(23,24)25/h1-7,26H,8-11H2. The van der Waals surface area contributed by atoms with Gasteiger partial charge in [-0.25, -0.2) is 8.42 Å². The molecular weight excluding hydrogens is 466 g/mol. The van der Waals surface area contributed by atoms with Gasteiger partial charge in [-0.2, -0.15) is 31.1 Å². The number of hydrogen-bond donors (Lipinski definition) is 1. The summed E-state index contributed by atoms with van der Waals surface area (Å²) in [4.78, 5) is 13.4. The van der Waals surface area contributed by atoms with Crippen molar-refractivity contribution < 1.29 is 44.3 Å². The second-order valence-corrected chi connectivity index (χ2v) is 8.61. The highest BCUT2D eigenvalue weighted by Gasteiger charge is 2.46. The second kappa shape index (κ2) is 8.62. The molecule has 2 aromatic carbocycles. The smallest absolute Gasteiger partial charge is 0.457 e. The molecule has 0 aromatic heterocycles. The van der Waals surface area contributed by atoms with E-state index in [4.69, 9.17) is 4.74 Å². The van der Waals surface area contributed by atoms with Crippen LogP contribution in [-0.4, -0.2) is 37.8 Å². The van der Waals surface area contributed by atoms with Gasteiger partial charge in [0.1, 0.15) is 11.5 Å². The molecule has 13 heteroatoms. The quantitative estimate of drug-likeness (QED) is 0.658. The van der Waals surface area contributed by atoms with Crippen LogP contribution in [0.5, 0.6) is 11.5 Å². The number of hydrogen-bond acceptors (Lipinski definition) is 4. The lowest BCUT2D eigenvalue weighted by atomic mass is 9.98. The van der Waals surface area contributed by atoms with Crippen LogP contribution in [0.4, 0.5) is 26.3 Å². The molecule has 1 heterocycles. The van der Waals surface area contributed by atoms with Gasteiger partial charge in [0.25, 0.3) is 0 Å². The summed E-state index contributed by atoms with van der Waals surface area (Å²) in [5.74, 6) is -0.295. The Hall–Kier alpha value is -2.80. The molecule has 0 bridgehead atoms. The van der Waals surface area contributed by atoms with Gasteiger partial charge in [-0.15, -0.1) is 0 Å². The first kappa shape index (κ1) is 23.9. The van der Waals surface area contributed by atoms with E-state index < -0.39 is 39.7 Å². The van der Waals surface area contributed by atoms with Crippen molar-refractivity contribution in [3.63, 3.8) is 0 Å². The summed E-state index contributed by atoms with van der Waals surface area (Å²) in [6, 6.07) is 8.97. The summed E-state index contributed by atoms with van der Waals surface area (Å²) in [5.41, 5.74) is -5.04. The third-order valence-corrected chi connectivity index (χ3v) is 5.84. The Bertz CT molecular complexity index is 1100. The molecule has 6 nitrogen and oxygen atoms in total. The first-order valence-corrected chi connectivity index (χ1v) is 10.6. The zero-order chi connectivity index (χ0) is 23.7. The minimum Gasteiger partial charge on any atom is -0.457 e. The van der Waals surface area contributed by atoms with Crippen LogP contribution in [0.25, 0.3) is 0 Å². The SMILES string of the molecule is O=C(CNS(=O)(=O)C(F)(F)F)N1CCc2c(cccc2Oc2ccc(C(F)(F)F)cc2)C1. The number of amides is 1. The molecule has 0 fully saturated rings. The maximum Gasteiger partial charge on any atom is 0.511 e. The molecule has 0 saturated heterocycles. The molecule has 1 aliphatic rings. The number of nitrogens with zero attached hydrogens (tertiary/aromatic N) is 1. The third-order valence-electron chi connectivity index (χ3n) is 4.70. The van der Waals surface area contributed by atoms with Crippen LogP contribution < -0.4 is 9.46 Å². The highest BCUT2D eigenvalue weighted by atomic mass is 32.2. The summed E-state index contributed by atoms with van der Waals surface area (Å²) in [7, 11) is -5.63. The van der Waals surface area contributed by atoms with Gasteiger partial charge in [-0.3, -0.25) is 4.79 Å². The molecule has 174 valence electrons. The lowest BCUT2D eigenvalue weighted by Crippen LogP contribution is -2.45. The first-order chi connectivity index (χ1) is 14.8. The van der Waals surface area contributed by atoms with Gasteiger partial charge in [0.15, 0.2) is 0 Å². The van der Waals surface area contributed by atoms with Gasteiger partial charge >= 0.3 is 21.7 Å². The van der Waals surface area contributed by atoms with Crippen molar-refractivity contribution in [2.75, 3.05) is 13.1 Å². The van der Waals surface area contributed by atoms with Gasteiger partial charge in [0.05, 0.1) is 12.1 Å². The van der Waals surface area contributed by atoms with Gasteiger partial charge in [0, 0.05) is 18.7 Å². The zero-order valence-corrected chi connectivity index (χ0v) is 16.9. The average Bonchev–Trinajstić information content (AvgIpc) is 2.71. The molecule has 2 aromatic rings. The van der Waals surface area contributed by atoms with Crippen LogP contribution >= 0.6 is 0 Å². The van der Waals surface area contributed by atoms with E-state index in [-0.39, 0.29) is 25.3 Å². The number of fused-ring (bicyclic) bond motifs is 1. The Morgan fingerprint density at radius 1 is 1.03 bits per heavy atom. The van der Waals surface area contributed by atoms with Gasteiger partial charge in [-0.1, -0.05) is 12.1 Å². The minimum absolute atomic E-state index is 0.00608. The average molecular weight is 482 g/mol. The number of benzene rings is 2. The Kier molecular flexibility index (Phi) is 6.43. The molecule has 0 radical (unpaired) electrons. The van der Waals surface area contributed by atoms with Crippen molar-refractivity contribution in [3.8, 4) is 11.5 Å². The molecule has 0 unspecified atom stereocenters. The number of sulfonamides is 1. The van der Waals surface area contributed by atoms with E-state index in [1.807, 2.05) is 0 Å². The zero-order valence-electron chi connectivity index (χ0n) is 16.1. The van der Waals surface area contributed by atoms with Crippen molar-refractivity contribution in [1.82, 2.24) is 9.62 Å². The fourth-order valence-electron chi connectivity index (χ4n) is 3.07. The minimum atomic E-state index is -5.63. The Morgan fingerprint density at radius 2 is 1.69 bits per heavy atom. The first-order valence-electron chi connectivity index (χ1n) is 9.07. The van der Waals surface area contributed by atoms with E-state index >= 15 is 0 Å². The van der Waals surface area contributed by atoms with Gasteiger partial charge < -0.3 is 9.64 Å². The predicted octanol–water partition coefficient (Wildman–Crippen LogP) is 3.82. The molecule has 1 aliphatic heterocycles. The fraction of sp³-hybridized carbons (Fsp3) is 0.316. The van der Waals surface area contributed by atoms with E-state index in [0.29, 0.717) is 16.9 Å². The van der Waals surface area contributed by atoms with E-state index in [1.165, 1.54) is 21.8 Å². The maximum absolute atomic E-state index is 12.7. The van der Waals surface area contributed by atoms with Crippen LogP contribution in [0.1, 0.15) is 16.7 Å². The van der Waals surface area contributed by atoms with Crippen LogP contribution in [0, 0.1) is 0 Å². The summed E-state index contributed by atoms with van der Waals surface area (Å²) < 4.78 is 104. The van der Waals surface area contributed by atoms with E-state index in [0.717, 1.165) is 12.1 Å². The van der Waals surface area contributed by atoms with Crippen molar-refractivity contribution in [3.05, 3.63) is 59.2 Å². The van der Waals surface area contributed by atoms with Crippen molar-refractivity contribution >= 4 is 15.9 Å². The molecule has 0 saturated carbocycles. The number of carbonyl (C=O) groups excluding carboxylic acids is 1. The highest BCUT2D eigenvalue weighted by molar-refractivity contribution is 7.90. The maximum atomic E-state index is 12.7. The molecule has 1 amide bonds. The third kappa shape index (κ3) is 5.33. The van der Waals surface area contributed by atoms with Gasteiger partial charge in [-0.05, 0) is 42.3 Å². The summed E-state index contributed by atoms with van der Waals surface area (Å²) >= 11 is 0. The molecular formula is C19H16F6N2O4S. The summed E-state index contributed by atoms with van der Waals surface area (Å²) in [6.07, 6.45) is -4.22. The Labute approximate surface area is 178 Å². The number of alkyl halides is 6. The highest BCUT2D eigenvalue weighted by Crippen LogP contribution is 2.34. The Morgan fingerprint density at radius 3 is 2.28 bits per heavy atom. The van der Waals surface area contributed by atoms with E-state index in [9.17, 15) is 39.6 Å². The van der Waals surface area contributed by atoms with Crippen molar-refractivity contribution in [2.45, 2.75) is 24.7 Å². The lowest BCUT2D eigenvalue weighted by Gasteiger charge is -2.30. The molecule has 3 rings (SSSR count). The second-order valence-electron chi connectivity index (χ2n) is 6.85. The van der Waals surface area contributed by atoms with Crippen LogP contribution in [0.3, 0.4) is 0 Å². The number of halogens is 6. The number of rotatable bonds is 5. The van der Waals surface area contributed by atoms with Crippen LogP contribution in [0.2, 0.25) is 0 Å². The number of carbonyl (C=O) groups is 1. The van der Waals surface area contributed by atoms with Crippen molar-refractivity contribution in [1.29, 1.82) is 0 Å². The Balaban J connectivity index is 1.68. The summed E-state index contributed by atoms with van der Waals surface area (Å²) in [6.45, 7) is -0.946. The molecule has 1 N–H and O–H groups in total. The number of ether oxygens (including phenoxy) is 1. The molecule has 0 aliphatic carbocycles. The van der Waals surface area contributed by atoms with Crippen LogP contribution in [0.15, 0.2) is 42.5 Å². The van der Waals surface area contributed by atoms with Gasteiger partial charge in [0.2, 0.25) is 5.91 Å². The molecule has 32 heavy (non-hydrogen) atoms. The summed E-state index contributed by atoms with van der Waals surface area (Å²) in [5, 5.41) is 0. The van der Waals surface area contributed by atoms with E-state index in [1.54, 1.807) is 18.2 Å². The fourth-order valence-corrected chi connectivity index (χ4v) is 3.55. The molecule has 0 spiro atoms. The molecule has 0 atom stereocenters. The normalized spacial score (nSPS) is 14.8.